The van der Waals surface area contributed by atoms with Gasteiger partial charge in [-0.25, -0.2) is 9.97 Å². The molecular formula is C17H21N5O2. The third-order valence-corrected chi connectivity index (χ3v) is 5.02. The van der Waals surface area contributed by atoms with E-state index in [0.29, 0.717) is 31.3 Å². The Balaban J connectivity index is 1.35. The summed E-state index contributed by atoms with van der Waals surface area (Å²) in [5.41, 5.74) is 0.763. The molecular weight excluding hydrogens is 306 g/mol. The van der Waals surface area contributed by atoms with Gasteiger partial charge < -0.3 is 10.2 Å². The van der Waals surface area contributed by atoms with E-state index in [1.54, 1.807) is 6.20 Å². The van der Waals surface area contributed by atoms with Crippen molar-refractivity contribution >= 4 is 17.6 Å². The molecule has 1 saturated heterocycles. The minimum absolute atomic E-state index is 0.0612. The summed E-state index contributed by atoms with van der Waals surface area (Å²) in [6, 6.07) is 2.18. The summed E-state index contributed by atoms with van der Waals surface area (Å²) < 4.78 is 1.82. The SMILES string of the molecule is O=C(NCc1cn2cccnc2n1)C1CC(=O)N(C2CCCC2)C1. The molecule has 7 nitrogen and oxygen atoms in total. The van der Waals surface area contributed by atoms with Crippen LogP contribution in [-0.2, 0) is 16.1 Å². The standard InChI is InChI=1S/C17H21N5O2/c23-15-8-12(10-22(15)14-4-1-2-5-14)16(24)19-9-13-11-21-7-3-6-18-17(21)20-13/h3,6-7,11-12,14H,1-2,4-5,8-10H2,(H,19,24). The van der Waals surface area contributed by atoms with Crippen LogP contribution in [-0.4, -0.2) is 43.7 Å². The summed E-state index contributed by atoms with van der Waals surface area (Å²) >= 11 is 0. The molecule has 0 bridgehead atoms. The van der Waals surface area contributed by atoms with Crippen LogP contribution in [0.5, 0.6) is 0 Å². The number of amides is 2. The van der Waals surface area contributed by atoms with Gasteiger partial charge in [-0.15, -0.1) is 0 Å². The van der Waals surface area contributed by atoms with E-state index in [2.05, 4.69) is 15.3 Å². The highest BCUT2D eigenvalue weighted by Gasteiger charge is 2.38. The van der Waals surface area contributed by atoms with E-state index in [0.717, 1.165) is 18.5 Å². The van der Waals surface area contributed by atoms with Gasteiger partial charge in [0.05, 0.1) is 18.2 Å². The van der Waals surface area contributed by atoms with Gasteiger partial charge >= 0.3 is 0 Å². The number of carbonyl (C=O) groups excluding carboxylic acids is 2. The Bertz CT molecular complexity index is 732. The van der Waals surface area contributed by atoms with Gasteiger partial charge in [0.1, 0.15) is 0 Å². The number of imidazole rings is 1. The first-order chi connectivity index (χ1) is 11.7. The maximum absolute atomic E-state index is 12.4. The van der Waals surface area contributed by atoms with Crippen molar-refractivity contribution in [2.45, 2.75) is 44.7 Å². The van der Waals surface area contributed by atoms with Crippen LogP contribution in [0.3, 0.4) is 0 Å². The number of fused-ring (bicyclic) bond motifs is 1. The molecule has 2 aliphatic rings. The second-order valence-corrected chi connectivity index (χ2v) is 6.66. The minimum atomic E-state index is -0.242. The van der Waals surface area contributed by atoms with Crippen LogP contribution in [0, 0.1) is 5.92 Å². The van der Waals surface area contributed by atoms with Crippen molar-refractivity contribution in [2.75, 3.05) is 6.54 Å². The van der Waals surface area contributed by atoms with Crippen LogP contribution in [0.25, 0.3) is 5.78 Å². The number of nitrogens with zero attached hydrogens (tertiary/aromatic N) is 4. The van der Waals surface area contributed by atoms with E-state index in [1.165, 1.54) is 12.8 Å². The summed E-state index contributed by atoms with van der Waals surface area (Å²) in [4.78, 5) is 35.0. The van der Waals surface area contributed by atoms with E-state index >= 15 is 0 Å². The Kier molecular flexibility index (Phi) is 3.92. The number of rotatable bonds is 4. The quantitative estimate of drug-likeness (QED) is 0.913. The molecule has 1 saturated carbocycles. The zero-order valence-corrected chi connectivity index (χ0v) is 13.5. The molecule has 2 fully saturated rings. The zero-order chi connectivity index (χ0) is 16.5. The Morgan fingerprint density at radius 3 is 2.96 bits per heavy atom. The predicted molar refractivity (Wildman–Crippen MR) is 86.9 cm³/mol. The van der Waals surface area contributed by atoms with E-state index < -0.39 is 0 Å². The molecule has 0 spiro atoms. The topological polar surface area (TPSA) is 79.6 Å². The molecule has 1 N–H and O–H groups in total. The molecule has 126 valence electrons. The third-order valence-electron chi connectivity index (χ3n) is 5.02. The van der Waals surface area contributed by atoms with Crippen molar-refractivity contribution in [1.29, 1.82) is 0 Å². The van der Waals surface area contributed by atoms with Gasteiger partial charge in [-0.1, -0.05) is 12.8 Å². The van der Waals surface area contributed by atoms with Crippen molar-refractivity contribution in [3.63, 3.8) is 0 Å². The Morgan fingerprint density at radius 1 is 1.33 bits per heavy atom. The fourth-order valence-corrected chi connectivity index (χ4v) is 3.76. The highest BCUT2D eigenvalue weighted by Crippen LogP contribution is 2.29. The van der Waals surface area contributed by atoms with Crippen molar-refractivity contribution < 1.29 is 9.59 Å². The van der Waals surface area contributed by atoms with Crippen molar-refractivity contribution in [3.05, 3.63) is 30.4 Å². The lowest BCUT2D eigenvalue weighted by molar-refractivity contribution is -0.130. The first-order valence-electron chi connectivity index (χ1n) is 8.56. The third kappa shape index (κ3) is 2.86. The van der Waals surface area contributed by atoms with Crippen LogP contribution in [0.1, 0.15) is 37.8 Å². The highest BCUT2D eigenvalue weighted by atomic mass is 16.2. The first kappa shape index (κ1) is 15.1. The number of hydrogen-bond acceptors (Lipinski definition) is 4. The molecule has 7 heteroatoms. The minimum Gasteiger partial charge on any atom is -0.350 e. The Labute approximate surface area is 140 Å². The molecule has 0 radical (unpaired) electrons. The van der Waals surface area contributed by atoms with Crippen molar-refractivity contribution in [2.24, 2.45) is 5.92 Å². The first-order valence-corrected chi connectivity index (χ1v) is 8.56. The van der Waals surface area contributed by atoms with Gasteiger partial charge in [-0.2, -0.15) is 0 Å². The van der Waals surface area contributed by atoms with Crippen LogP contribution in [0.2, 0.25) is 0 Å². The van der Waals surface area contributed by atoms with Crippen molar-refractivity contribution in [1.82, 2.24) is 24.6 Å². The summed E-state index contributed by atoms with van der Waals surface area (Å²) in [7, 11) is 0. The molecule has 1 atom stereocenters. The molecule has 0 aromatic carbocycles. The largest absolute Gasteiger partial charge is 0.350 e. The van der Waals surface area contributed by atoms with Gasteiger partial charge in [-0.3, -0.25) is 14.0 Å². The van der Waals surface area contributed by atoms with Gasteiger partial charge in [0.25, 0.3) is 0 Å². The summed E-state index contributed by atoms with van der Waals surface area (Å²) in [5.74, 6) is 0.436. The molecule has 1 aliphatic carbocycles. The molecule has 24 heavy (non-hydrogen) atoms. The van der Waals surface area contributed by atoms with Gasteiger partial charge in [0, 0.05) is 37.6 Å². The fraction of sp³-hybridized carbons (Fsp3) is 0.529. The molecule has 1 unspecified atom stereocenters. The second-order valence-electron chi connectivity index (χ2n) is 6.66. The number of aromatic nitrogens is 3. The normalized spacial score (nSPS) is 21.8. The van der Waals surface area contributed by atoms with Gasteiger partial charge in [-0.05, 0) is 18.9 Å². The Hall–Kier alpha value is -2.44. The van der Waals surface area contributed by atoms with Crippen LogP contribution in [0.15, 0.2) is 24.7 Å². The smallest absolute Gasteiger partial charge is 0.233 e. The van der Waals surface area contributed by atoms with E-state index in [1.807, 2.05) is 27.8 Å². The van der Waals surface area contributed by atoms with Gasteiger partial charge in [0.15, 0.2) is 0 Å². The van der Waals surface area contributed by atoms with E-state index in [9.17, 15) is 9.59 Å². The zero-order valence-electron chi connectivity index (χ0n) is 13.5. The van der Waals surface area contributed by atoms with E-state index in [4.69, 9.17) is 0 Å². The second kappa shape index (κ2) is 6.22. The molecule has 4 rings (SSSR count). The number of nitrogens with one attached hydrogen (secondary N) is 1. The molecule has 1 aliphatic heterocycles. The maximum Gasteiger partial charge on any atom is 0.233 e. The number of carbonyl (C=O) groups is 2. The summed E-state index contributed by atoms with van der Waals surface area (Å²) in [6.45, 7) is 0.915. The summed E-state index contributed by atoms with van der Waals surface area (Å²) in [5, 5.41) is 2.91. The summed E-state index contributed by atoms with van der Waals surface area (Å²) in [6.07, 6.45) is 10.3. The Morgan fingerprint density at radius 2 is 2.17 bits per heavy atom. The number of hydrogen-bond donors (Lipinski definition) is 1. The molecule has 2 aromatic heterocycles. The highest BCUT2D eigenvalue weighted by molar-refractivity contribution is 5.89. The van der Waals surface area contributed by atoms with Crippen molar-refractivity contribution in [3.8, 4) is 0 Å². The average Bonchev–Trinajstić information content (AvgIpc) is 3.30. The molecule has 3 heterocycles. The monoisotopic (exact) mass is 327 g/mol. The van der Waals surface area contributed by atoms with Crippen LogP contribution in [0.4, 0.5) is 0 Å². The lowest BCUT2D eigenvalue weighted by Crippen LogP contribution is -2.36. The lowest BCUT2D eigenvalue weighted by atomic mass is 10.1. The van der Waals surface area contributed by atoms with Crippen LogP contribution < -0.4 is 5.32 Å². The maximum atomic E-state index is 12.4. The number of likely N-dealkylation sites (tertiary alicyclic amines) is 1. The lowest BCUT2D eigenvalue weighted by Gasteiger charge is -2.23. The average molecular weight is 327 g/mol. The van der Waals surface area contributed by atoms with E-state index in [-0.39, 0.29) is 17.7 Å². The molecule has 2 aromatic rings. The molecule has 2 amide bonds. The predicted octanol–water partition coefficient (Wildman–Crippen LogP) is 1.14. The van der Waals surface area contributed by atoms with Gasteiger partial charge in [0.2, 0.25) is 17.6 Å². The van der Waals surface area contributed by atoms with Crippen LogP contribution >= 0.6 is 0 Å². The fourth-order valence-electron chi connectivity index (χ4n) is 3.76.